The second-order valence-electron chi connectivity index (χ2n) is 4.30. The monoisotopic (exact) mass is 213 g/mol. The van der Waals surface area contributed by atoms with Crippen molar-refractivity contribution in [2.75, 3.05) is 5.75 Å². The van der Waals surface area contributed by atoms with Crippen LogP contribution in [0.3, 0.4) is 0 Å². The molecule has 2 aliphatic heterocycles. The van der Waals surface area contributed by atoms with Crippen molar-refractivity contribution in [2.45, 2.75) is 37.9 Å². The van der Waals surface area contributed by atoms with Crippen molar-refractivity contribution in [3.8, 4) is 0 Å². The summed E-state index contributed by atoms with van der Waals surface area (Å²) in [6, 6.07) is 0. The first-order valence-electron chi connectivity index (χ1n) is 5.07. The molecule has 0 saturated carbocycles. The van der Waals surface area contributed by atoms with Crippen LogP contribution in [0.1, 0.15) is 32.6 Å². The average Bonchev–Trinajstić information content (AvgIpc) is 2.08. The maximum absolute atomic E-state index is 11.4. The Kier molecular flexibility index (Phi) is 2.56. The Bertz CT molecular complexity index is 261. The van der Waals surface area contributed by atoms with E-state index in [4.69, 9.17) is 0 Å². The van der Waals surface area contributed by atoms with Crippen LogP contribution in [0.15, 0.2) is 0 Å². The molecule has 1 unspecified atom stereocenters. The fraction of sp³-hybridized carbons (Fsp3) is 0.800. The van der Waals surface area contributed by atoms with E-state index in [9.17, 15) is 9.59 Å². The van der Waals surface area contributed by atoms with E-state index in [2.05, 4.69) is 12.2 Å². The number of hydrogen-bond donors (Lipinski definition) is 1. The lowest BCUT2D eigenvalue weighted by Crippen LogP contribution is -2.49. The first kappa shape index (κ1) is 10.0. The van der Waals surface area contributed by atoms with Crippen molar-refractivity contribution < 1.29 is 9.59 Å². The summed E-state index contributed by atoms with van der Waals surface area (Å²) in [5, 5.41) is 2.82. The minimum atomic E-state index is -0.0874. The summed E-state index contributed by atoms with van der Waals surface area (Å²) in [7, 11) is 0. The average molecular weight is 213 g/mol. The molecule has 14 heavy (non-hydrogen) atoms. The molecule has 0 aliphatic carbocycles. The molecular weight excluding hydrogens is 198 g/mol. The van der Waals surface area contributed by atoms with E-state index in [0.717, 1.165) is 12.8 Å². The summed E-state index contributed by atoms with van der Waals surface area (Å²) < 4.78 is 0. The summed E-state index contributed by atoms with van der Waals surface area (Å²) >= 11 is 1.90. The van der Waals surface area contributed by atoms with Gasteiger partial charge in [0.1, 0.15) is 0 Å². The highest BCUT2D eigenvalue weighted by Gasteiger charge is 2.45. The van der Waals surface area contributed by atoms with Gasteiger partial charge in [0.25, 0.3) is 0 Å². The number of rotatable bonds is 0. The summed E-state index contributed by atoms with van der Waals surface area (Å²) in [6.45, 7) is 2.15. The number of nitrogens with one attached hydrogen (secondary N) is 1. The van der Waals surface area contributed by atoms with Gasteiger partial charge in [-0.25, -0.2) is 0 Å². The highest BCUT2D eigenvalue weighted by molar-refractivity contribution is 7.99. The zero-order valence-electron chi connectivity index (χ0n) is 8.34. The predicted molar refractivity (Wildman–Crippen MR) is 56.0 cm³/mol. The van der Waals surface area contributed by atoms with Gasteiger partial charge < -0.3 is 0 Å². The van der Waals surface area contributed by atoms with Crippen LogP contribution in [-0.4, -0.2) is 22.8 Å². The van der Waals surface area contributed by atoms with Crippen LogP contribution in [0.4, 0.5) is 0 Å². The molecule has 4 heteroatoms. The van der Waals surface area contributed by atoms with Gasteiger partial charge in [-0.15, -0.1) is 0 Å². The van der Waals surface area contributed by atoms with Gasteiger partial charge in [-0.05, 0) is 24.0 Å². The van der Waals surface area contributed by atoms with Crippen molar-refractivity contribution in [2.24, 2.45) is 5.41 Å². The maximum atomic E-state index is 11.4. The molecule has 0 radical (unpaired) electrons. The van der Waals surface area contributed by atoms with Crippen LogP contribution in [0.2, 0.25) is 0 Å². The van der Waals surface area contributed by atoms with Crippen LogP contribution in [0, 0.1) is 5.41 Å². The molecule has 1 atom stereocenters. The van der Waals surface area contributed by atoms with Crippen LogP contribution in [0.25, 0.3) is 0 Å². The summed E-state index contributed by atoms with van der Waals surface area (Å²) in [5.41, 5.74) is -0.0394. The molecule has 0 bridgehead atoms. The molecule has 0 aromatic carbocycles. The van der Waals surface area contributed by atoms with Gasteiger partial charge in [-0.2, -0.15) is 11.8 Å². The molecule has 3 nitrogen and oxygen atoms in total. The number of carbonyl (C=O) groups is 2. The molecular formula is C10H15NO2S. The Morgan fingerprint density at radius 3 is 2.57 bits per heavy atom. The Morgan fingerprint density at radius 1 is 1.36 bits per heavy atom. The summed E-state index contributed by atoms with van der Waals surface area (Å²) in [5.74, 6) is 0.991. The van der Waals surface area contributed by atoms with Gasteiger partial charge in [0.05, 0.1) is 0 Å². The van der Waals surface area contributed by atoms with Crippen LogP contribution < -0.4 is 5.32 Å². The summed E-state index contributed by atoms with van der Waals surface area (Å²) in [6.07, 6.45) is 3.23. The third kappa shape index (κ3) is 1.67. The lowest BCUT2D eigenvalue weighted by Gasteiger charge is -2.43. The molecule has 2 fully saturated rings. The van der Waals surface area contributed by atoms with E-state index in [1.54, 1.807) is 0 Å². The Balaban J connectivity index is 2.19. The number of imide groups is 1. The second kappa shape index (κ2) is 3.57. The fourth-order valence-electron chi connectivity index (χ4n) is 2.47. The van der Waals surface area contributed by atoms with E-state index >= 15 is 0 Å². The highest BCUT2D eigenvalue weighted by atomic mass is 32.2. The quantitative estimate of drug-likeness (QED) is 0.617. The normalized spacial score (nSPS) is 31.6. The first-order chi connectivity index (χ1) is 6.62. The minimum Gasteiger partial charge on any atom is -0.296 e. The van der Waals surface area contributed by atoms with Gasteiger partial charge in [0, 0.05) is 18.1 Å². The molecule has 0 aromatic rings. The van der Waals surface area contributed by atoms with Crippen molar-refractivity contribution in [1.82, 2.24) is 5.32 Å². The predicted octanol–water partition coefficient (Wildman–Crippen LogP) is 1.32. The number of piperidine rings is 1. The number of thioether (sulfide) groups is 1. The molecule has 78 valence electrons. The molecule has 0 aromatic heterocycles. The standard InChI is InChI=1S/C10H15NO2S/c1-7-10(3-2-4-14-7)5-8(12)11-9(13)6-10/h7H,2-6H2,1H3,(H,11,12,13). The van der Waals surface area contributed by atoms with E-state index in [1.165, 1.54) is 5.75 Å². The van der Waals surface area contributed by atoms with Crippen molar-refractivity contribution in [3.63, 3.8) is 0 Å². The van der Waals surface area contributed by atoms with Gasteiger partial charge in [-0.1, -0.05) is 6.92 Å². The lowest BCUT2D eigenvalue weighted by atomic mass is 9.72. The Hall–Kier alpha value is -0.510. The molecule has 1 N–H and O–H groups in total. The number of hydrogen-bond acceptors (Lipinski definition) is 3. The number of amides is 2. The van der Waals surface area contributed by atoms with E-state index in [-0.39, 0.29) is 17.2 Å². The highest BCUT2D eigenvalue weighted by Crippen LogP contribution is 2.47. The van der Waals surface area contributed by atoms with Crippen molar-refractivity contribution in [3.05, 3.63) is 0 Å². The zero-order valence-corrected chi connectivity index (χ0v) is 9.15. The van der Waals surface area contributed by atoms with E-state index in [1.807, 2.05) is 11.8 Å². The van der Waals surface area contributed by atoms with Gasteiger partial charge in [-0.3, -0.25) is 14.9 Å². The first-order valence-corrected chi connectivity index (χ1v) is 6.12. The SMILES string of the molecule is CC1SCCCC12CC(=O)NC(=O)C2. The molecule has 1 spiro atoms. The van der Waals surface area contributed by atoms with Crippen LogP contribution >= 0.6 is 11.8 Å². The summed E-state index contributed by atoms with van der Waals surface area (Å²) in [4.78, 5) is 22.7. The second-order valence-corrected chi connectivity index (χ2v) is 5.75. The molecule has 2 rings (SSSR count). The topological polar surface area (TPSA) is 46.2 Å². The van der Waals surface area contributed by atoms with Crippen molar-refractivity contribution >= 4 is 23.6 Å². The van der Waals surface area contributed by atoms with Crippen molar-refractivity contribution in [1.29, 1.82) is 0 Å². The third-order valence-corrected chi connectivity index (χ3v) is 4.88. The lowest BCUT2D eigenvalue weighted by molar-refractivity contribution is -0.138. The molecule has 2 amide bonds. The number of carbonyl (C=O) groups excluding carboxylic acids is 2. The maximum Gasteiger partial charge on any atom is 0.227 e. The van der Waals surface area contributed by atoms with Crippen LogP contribution in [-0.2, 0) is 9.59 Å². The smallest absolute Gasteiger partial charge is 0.227 e. The third-order valence-electron chi connectivity index (χ3n) is 3.35. The Morgan fingerprint density at radius 2 is 2.00 bits per heavy atom. The van der Waals surface area contributed by atoms with Gasteiger partial charge in [0.15, 0.2) is 0 Å². The Labute approximate surface area is 88.0 Å². The van der Waals surface area contributed by atoms with E-state index < -0.39 is 0 Å². The fourth-order valence-corrected chi connectivity index (χ4v) is 3.78. The largest absolute Gasteiger partial charge is 0.296 e. The minimum absolute atomic E-state index is 0.0394. The molecule has 2 heterocycles. The molecule has 2 saturated heterocycles. The zero-order chi connectivity index (χ0) is 10.2. The van der Waals surface area contributed by atoms with Gasteiger partial charge >= 0.3 is 0 Å². The molecule has 2 aliphatic rings. The van der Waals surface area contributed by atoms with E-state index in [0.29, 0.717) is 18.1 Å². The van der Waals surface area contributed by atoms with Gasteiger partial charge in [0.2, 0.25) is 11.8 Å². The van der Waals surface area contributed by atoms with Crippen LogP contribution in [0.5, 0.6) is 0 Å².